The summed E-state index contributed by atoms with van der Waals surface area (Å²) in [4.78, 5) is 27.6. The van der Waals surface area contributed by atoms with Gasteiger partial charge in [-0.1, -0.05) is 19.9 Å². The highest BCUT2D eigenvalue weighted by Gasteiger charge is 2.28. The Morgan fingerprint density at radius 2 is 2.05 bits per heavy atom. The average molecular weight is 308 g/mol. The lowest BCUT2D eigenvalue weighted by molar-refractivity contribution is -0.135. The Labute approximate surface area is 130 Å². The number of rotatable bonds is 6. The fourth-order valence-corrected chi connectivity index (χ4v) is 3.37. The highest BCUT2D eigenvalue weighted by atomic mass is 32.1. The molecule has 1 saturated heterocycles. The molecule has 1 aliphatic heterocycles. The second-order valence-electron chi connectivity index (χ2n) is 6.04. The van der Waals surface area contributed by atoms with Crippen LogP contribution < -0.4 is 5.32 Å². The molecule has 5 heteroatoms. The van der Waals surface area contributed by atoms with E-state index in [0.29, 0.717) is 18.8 Å². The second-order valence-corrected chi connectivity index (χ2v) is 7.07. The first kappa shape index (κ1) is 16.0. The first-order valence-corrected chi connectivity index (χ1v) is 8.54. The molecular weight excluding hydrogens is 284 g/mol. The van der Waals surface area contributed by atoms with Crippen LogP contribution in [0.5, 0.6) is 0 Å². The van der Waals surface area contributed by atoms with Gasteiger partial charge in [0.25, 0.3) is 0 Å². The van der Waals surface area contributed by atoms with Gasteiger partial charge >= 0.3 is 0 Å². The van der Waals surface area contributed by atoms with Crippen LogP contribution in [0, 0.1) is 5.92 Å². The molecule has 0 saturated carbocycles. The first-order chi connectivity index (χ1) is 10.1. The average Bonchev–Trinajstić information content (AvgIpc) is 3.09. The molecule has 4 nitrogen and oxygen atoms in total. The Morgan fingerprint density at radius 3 is 2.62 bits per heavy atom. The number of nitrogens with one attached hydrogen (secondary N) is 1. The molecule has 0 unspecified atom stereocenters. The van der Waals surface area contributed by atoms with E-state index in [0.717, 1.165) is 30.8 Å². The second kappa shape index (κ2) is 7.59. The first-order valence-electron chi connectivity index (χ1n) is 7.67. The molecule has 2 rings (SSSR count). The normalized spacial score (nSPS) is 16.2. The van der Waals surface area contributed by atoms with E-state index in [1.807, 2.05) is 22.4 Å². The lowest BCUT2D eigenvalue weighted by atomic mass is 10.0. The number of thiophene rings is 1. The maximum Gasteiger partial charge on any atom is 0.245 e. The van der Waals surface area contributed by atoms with Crippen LogP contribution in [0.2, 0.25) is 0 Å². The summed E-state index contributed by atoms with van der Waals surface area (Å²) in [7, 11) is 0. The van der Waals surface area contributed by atoms with Crippen LogP contribution in [-0.2, 0) is 16.0 Å². The molecule has 1 aromatic rings. The largest absolute Gasteiger partial charge is 0.344 e. The number of carbonyl (C=O) groups excluding carboxylic acids is 2. The van der Waals surface area contributed by atoms with Crippen LogP contribution in [-0.4, -0.2) is 35.8 Å². The molecule has 116 valence electrons. The third-order valence-corrected chi connectivity index (χ3v) is 4.55. The van der Waals surface area contributed by atoms with Crippen molar-refractivity contribution in [1.29, 1.82) is 0 Å². The molecule has 0 spiro atoms. The van der Waals surface area contributed by atoms with Crippen molar-refractivity contribution in [2.75, 3.05) is 13.1 Å². The van der Waals surface area contributed by atoms with Crippen molar-refractivity contribution >= 4 is 23.2 Å². The molecule has 0 aliphatic carbocycles. The zero-order chi connectivity index (χ0) is 15.2. The molecule has 2 heterocycles. The van der Waals surface area contributed by atoms with E-state index in [4.69, 9.17) is 0 Å². The van der Waals surface area contributed by atoms with Gasteiger partial charge in [-0.05, 0) is 36.6 Å². The summed E-state index contributed by atoms with van der Waals surface area (Å²) in [5.74, 6) is 0.403. The molecular formula is C16H24N2O2S. The van der Waals surface area contributed by atoms with Gasteiger partial charge in [0.15, 0.2) is 0 Å². The minimum Gasteiger partial charge on any atom is -0.344 e. The van der Waals surface area contributed by atoms with E-state index in [-0.39, 0.29) is 17.9 Å². The topological polar surface area (TPSA) is 49.4 Å². The molecule has 0 aromatic carbocycles. The Hall–Kier alpha value is -1.36. The van der Waals surface area contributed by atoms with Crippen molar-refractivity contribution in [1.82, 2.24) is 10.2 Å². The van der Waals surface area contributed by atoms with Gasteiger partial charge in [-0.25, -0.2) is 0 Å². The van der Waals surface area contributed by atoms with E-state index >= 15 is 0 Å². The number of hydrogen-bond donors (Lipinski definition) is 1. The van der Waals surface area contributed by atoms with Crippen molar-refractivity contribution in [3.05, 3.63) is 22.4 Å². The van der Waals surface area contributed by atoms with E-state index in [9.17, 15) is 9.59 Å². The lowest BCUT2D eigenvalue weighted by Gasteiger charge is -2.25. The van der Waals surface area contributed by atoms with Gasteiger partial charge in [0, 0.05) is 18.0 Å². The SMILES string of the molecule is CC(C)C[C@H](NC(=O)Cc1cccs1)C(=O)N1CCCC1. The Morgan fingerprint density at radius 1 is 1.33 bits per heavy atom. The monoisotopic (exact) mass is 308 g/mol. The van der Waals surface area contributed by atoms with Crippen LogP contribution in [0.15, 0.2) is 17.5 Å². The van der Waals surface area contributed by atoms with Gasteiger partial charge < -0.3 is 10.2 Å². The number of nitrogens with zero attached hydrogens (tertiary/aromatic N) is 1. The number of likely N-dealkylation sites (tertiary alicyclic amines) is 1. The minimum absolute atomic E-state index is 0.0596. The van der Waals surface area contributed by atoms with Gasteiger partial charge in [-0.3, -0.25) is 9.59 Å². The van der Waals surface area contributed by atoms with E-state index < -0.39 is 0 Å². The number of hydrogen-bond acceptors (Lipinski definition) is 3. The molecule has 0 radical (unpaired) electrons. The van der Waals surface area contributed by atoms with Gasteiger partial charge in [0.1, 0.15) is 6.04 Å². The zero-order valence-corrected chi connectivity index (χ0v) is 13.6. The quantitative estimate of drug-likeness (QED) is 0.877. The van der Waals surface area contributed by atoms with Crippen LogP contribution in [0.1, 0.15) is 38.0 Å². The smallest absolute Gasteiger partial charge is 0.245 e. The van der Waals surface area contributed by atoms with Gasteiger partial charge in [0.05, 0.1) is 6.42 Å². The van der Waals surface area contributed by atoms with Crippen LogP contribution in [0.3, 0.4) is 0 Å². The highest BCUT2D eigenvalue weighted by molar-refractivity contribution is 7.10. The molecule has 1 aliphatic rings. The van der Waals surface area contributed by atoms with Crippen LogP contribution in [0.4, 0.5) is 0 Å². The van der Waals surface area contributed by atoms with Gasteiger partial charge in [-0.15, -0.1) is 11.3 Å². The van der Waals surface area contributed by atoms with Crippen LogP contribution >= 0.6 is 11.3 Å². The predicted octanol–water partition coefficient (Wildman–Crippen LogP) is 2.44. The van der Waals surface area contributed by atoms with E-state index in [2.05, 4.69) is 19.2 Å². The fourth-order valence-electron chi connectivity index (χ4n) is 2.67. The van der Waals surface area contributed by atoms with Crippen molar-refractivity contribution in [3.63, 3.8) is 0 Å². The summed E-state index contributed by atoms with van der Waals surface area (Å²) in [5, 5.41) is 4.90. The zero-order valence-electron chi connectivity index (χ0n) is 12.8. The fraction of sp³-hybridized carbons (Fsp3) is 0.625. The highest BCUT2D eigenvalue weighted by Crippen LogP contribution is 2.14. The molecule has 1 fully saturated rings. The summed E-state index contributed by atoms with van der Waals surface area (Å²) in [6.07, 6.45) is 3.21. The molecule has 1 N–H and O–H groups in total. The van der Waals surface area contributed by atoms with E-state index in [1.54, 1.807) is 11.3 Å². The number of carbonyl (C=O) groups is 2. The number of amides is 2. The molecule has 0 bridgehead atoms. The van der Waals surface area contributed by atoms with Crippen molar-refractivity contribution in [2.45, 2.75) is 45.6 Å². The molecule has 21 heavy (non-hydrogen) atoms. The predicted molar refractivity (Wildman–Crippen MR) is 85.2 cm³/mol. The van der Waals surface area contributed by atoms with Crippen molar-refractivity contribution in [2.24, 2.45) is 5.92 Å². The van der Waals surface area contributed by atoms with Crippen molar-refractivity contribution < 1.29 is 9.59 Å². The minimum atomic E-state index is -0.379. The maximum absolute atomic E-state index is 12.5. The summed E-state index contributed by atoms with van der Waals surface area (Å²) >= 11 is 1.57. The molecule has 1 atom stereocenters. The maximum atomic E-state index is 12.5. The summed E-state index contributed by atoms with van der Waals surface area (Å²) in [5.41, 5.74) is 0. The molecule has 2 amide bonds. The van der Waals surface area contributed by atoms with Crippen LogP contribution in [0.25, 0.3) is 0 Å². The molecule has 1 aromatic heterocycles. The third-order valence-electron chi connectivity index (χ3n) is 3.67. The lowest BCUT2D eigenvalue weighted by Crippen LogP contribution is -2.48. The summed E-state index contributed by atoms with van der Waals surface area (Å²) in [6.45, 7) is 5.81. The summed E-state index contributed by atoms with van der Waals surface area (Å²) in [6, 6.07) is 3.51. The standard InChI is InChI=1S/C16H24N2O2S/c1-12(2)10-14(16(20)18-7-3-4-8-18)17-15(19)11-13-6-5-9-21-13/h5-6,9,12,14H,3-4,7-8,10-11H2,1-2H3,(H,17,19)/t14-/m0/s1. The Bertz CT molecular complexity index is 465. The summed E-state index contributed by atoms with van der Waals surface area (Å²) < 4.78 is 0. The van der Waals surface area contributed by atoms with Gasteiger partial charge in [0.2, 0.25) is 11.8 Å². The van der Waals surface area contributed by atoms with Crippen molar-refractivity contribution in [3.8, 4) is 0 Å². The van der Waals surface area contributed by atoms with E-state index in [1.165, 1.54) is 0 Å². The Kier molecular flexibility index (Phi) is 5.79. The Balaban J connectivity index is 1.94. The third kappa shape index (κ3) is 4.84. The van der Waals surface area contributed by atoms with Gasteiger partial charge in [-0.2, -0.15) is 0 Å².